The maximum absolute atomic E-state index is 12.9. The van der Waals surface area contributed by atoms with Gasteiger partial charge in [-0.1, -0.05) is 60.2 Å². The fourth-order valence-corrected chi connectivity index (χ4v) is 3.07. The summed E-state index contributed by atoms with van der Waals surface area (Å²) >= 11 is 0. The highest BCUT2D eigenvalue weighted by Gasteiger charge is 2.39. The molecular weight excluding hydrogens is 356 g/mol. The van der Waals surface area contributed by atoms with Crippen LogP contribution in [0.15, 0.2) is 54.6 Å². The minimum atomic E-state index is -1.20. The Morgan fingerprint density at radius 1 is 0.821 bits per heavy atom. The molecule has 148 valence electrons. The molecule has 2 rings (SSSR count). The number of hydrogen-bond acceptors (Lipinski definition) is 5. The third-order valence-electron chi connectivity index (χ3n) is 4.49. The Balaban J connectivity index is 2.41. The van der Waals surface area contributed by atoms with E-state index in [9.17, 15) is 14.4 Å². The number of rotatable bonds is 9. The van der Waals surface area contributed by atoms with E-state index in [0.29, 0.717) is 11.1 Å². The Hall–Kier alpha value is -2.95. The summed E-state index contributed by atoms with van der Waals surface area (Å²) in [6, 6.07) is 16.3. The lowest BCUT2D eigenvalue weighted by Gasteiger charge is -2.24. The maximum Gasteiger partial charge on any atom is 0.320 e. The molecule has 5 nitrogen and oxygen atoms in total. The van der Waals surface area contributed by atoms with Crippen LogP contribution in [0.3, 0.4) is 0 Å². The molecule has 0 bridgehead atoms. The van der Waals surface area contributed by atoms with Gasteiger partial charge >= 0.3 is 11.9 Å². The second-order valence-corrected chi connectivity index (χ2v) is 6.49. The smallest absolute Gasteiger partial charge is 0.320 e. The van der Waals surface area contributed by atoms with Crippen LogP contribution in [0.2, 0.25) is 0 Å². The first kappa shape index (κ1) is 21.4. The number of esters is 2. The number of hydrogen-bond donors (Lipinski definition) is 0. The summed E-state index contributed by atoms with van der Waals surface area (Å²) in [6.45, 7) is 5.58. The predicted octanol–water partition coefficient (Wildman–Crippen LogP) is 4.09. The summed E-state index contributed by atoms with van der Waals surface area (Å²) in [5.41, 5.74) is 2.30. The van der Waals surface area contributed by atoms with E-state index in [-0.39, 0.29) is 25.4 Å². The summed E-state index contributed by atoms with van der Waals surface area (Å²) in [6.07, 6.45) is -0.00459. The quantitative estimate of drug-likeness (QED) is 0.371. The van der Waals surface area contributed by atoms with Gasteiger partial charge < -0.3 is 9.47 Å². The molecule has 2 aromatic carbocycles. The van der Waals surface area contributed by atoms with Crippen molar-refractivity contribution in [3.8, 4) is 0 Å². The molecule has 0 aliphatic heterocycles. The van der Waals surface area contributed by atoms with E-state index in [0.717, 1.165) is 5.56 Å². The molecule has 28 heavy (non-hydrogen) atoms. The van der Waals surface area contributed by atoms with Crippen LogP contribution in [0.5, 0.6) is 0 Å². The minimum absolute atomic E-state index is 0.00459. The van der Waals surface area contributed by atoms with Crippen LogP contribution in [0, 0.1) is 12.8 Å². The first-order valence-corrected chi connectivity index (χ1v) is 9.46. The Morgan fingerprint density at radius 2 is 1.36 bits per heavy atom. The monoisotopic (exact) mass is 382 g/mol. The Bertz CT molecular complexity index is 778. The molecule has 0 aromatic heterocycles. The van der Waals surface area contributed by atoms with Crippen molar-refractivity contribution in [1.82, 2.24) is 0 Å². The molecule has 0 saturated carbocycles. The fourth-order valence-electron chi connectivity index (χ4n) is 3.07. The standard InChI is InChI=1S/C23H26O5/c1-4-27-22(25)21(23(26)28-5-2)19(17-9-7-6-8-10-17)15-20(24)18-13-11-16(3)12-14-18/h6-14,19,21H,4-5,15H2,1-3H3. The van der Waals surface area contributed by atoms with Crippen molar-refractivity contribution in [2.45, 2.75) is 33.1 Å². The zero-order valence-corrected chi connectivity index (χ0v) is 16.5. The molecule has 2 aromatic rings. The lowest BCUT2D eigenvalue weighted by molar-refractivity contribution is -0.162. The SMILES string of the molecule is CCOC(=O)C(C(=O)OCC)C(CC(=O)c1ccc(C)cc1)c1ccccc1. The van der Waals surface area contributed by atoms with Gasteiger partial charge in [-0.15, -0.1) is 0 Å². The van der Waals surface area contributed by atoms with Gasteiger partial charge in [0, 0.05) is 17.9 Å². The second-order valence-electron chi connectivity index (χ2n) is 6.49. The third kappa shape index (κ3) is 5.52. The van der Waals surface area contributed by atoms with Crippen LogP contribution in [-0.2, 0) is 19.1 Å². The number of aryl methyl sites for hydroxylation is 1. The molecule has 0 amide bonds. The number of carbonyl (C=O) groups excluding carboxylic acids is 3. The molecular formula is C23H26O5. The van der Waals surface area contributed by atoms with E-state index >= 15 is 0 Å². The van der Waals surface area contributed by atoms with E-state index < -0.39 is 23.8 Å². The van der Waals surface area contributed by atoms with E-state index in [4.69, 9.17) is 9.47 Å². The second kappa shape index (κ2) is 10.4. The first-order valence-electron chi connectivity index (χ1n) is 9.46. The van der Waals surface area contributed by atoms with Crippen molar-refractivity contribution in [3.63, 3.8) is 0 Å². The van der Waals surface area contributed by atoms with Gasteiger partial charge in [0.2, 0.25) is 0 Å². The summed E-state index contributed by atoms with van der Waals surface area (Å²) < 4.78 is 10.3. The van der Waals surface area contributed by atoms with E-state index in [2.05, 4.69) is 0 Å². The zero-order chi connectivity index (χ0) is 20.5. The molecule has 0 heterocycles. The molecule has 0 radical (unpaired) electrons. The van der Waals surface area contributed by atoms with Gasteiger partial charge in [-0.3, -0.25) is 14.4 Å². The van der Waals surface area contributed by atoms with Gasteiger partial charge in [0.05, 0.1) is 13.2 Å². The molecule has 1 unspecified atom stereocenters. The highest BCUT2D eigenvalue weighted by atomic mass is 16.6. The summed E-state index contributed by atoms with van der Waals surface area (Å²) in [4.78, 5) is 38.1. The highest BCUT2D eigenvalue weighted by molar-refractivity contribution is 6.00. The summed E-state index contributed by atoms with van der Waals surface area (Å²) in [5, 5.41) is 0. The number of ketones is 1. The molecule has 0 spiro atoms. The van der Waals surface area contributed by atoms with Crippen LogP contribution in [0.1, 0.15) is 47.7 Å². The topological polar surface area (TPSA) is 69.7 Å². The van der Waals surface area contributed by atoms with E-state index in [1.807, 2.05) is 37.3 Å². The van der Waals surface area contributed by atoms with Gasteiger partial charge in [-0.05, 0) is 26.3 Å². The molecule has 0 saturated heterocycles. The third-order valence-corrected chi connectivity index (χ3v) is 4.49. The molecule has 0 N–H and O–H groups in total. The normalized spacial score (nSPS) is 11.7. The number of Topliss-reactive ketones (excluding diaryl/α,β-unsaturated/α-hetero) is 1. The maximum atomic E-state index is 12.9. The van der Waals surface area contributed by atoms with Crippen molar-refractivity contribution >= 4 is 17.7 Å². The lowest BCUT2D eigenvalue weighted by Crippen LogP contribution is -2.34. The molecule has 5 heteroatoms. The van der Waals surface area contributed by atoms with Crippen molar-refractivity contribution in [2.75, 3.05) is 13.2 Å². The number of carbonyl (C=O) groups is 3. The van der Waals surface area contributed by atoms with Gasteiger partial charge in [-0.25, -0.2) is 0 Å². The largest absolute Gasteiger partial charge is 0.465 e. The lowest BCUT2D eigenvalue weighted by atomic mass is 9.81. The summed E-state index contributed by atoms with van der Waals surface area (Å²) in [7, 11) is 0. The minimum Gasteiger partial charge on any atom is -0.465 e. The van der Waals surface area contributed by atoms with Crippen molar-refractivity contribution in [1.29, 1.82) is 0 Å². The van der Waals surface area contributed by atoms with Crippen LogP contribution >= 0.6 is 0 Å². The Kier molecular flexibility index (Phi) is 7.93. The van der Waals surface area contributed by atoms with E-state index in [1.165, 1.54) is 0 Å². The Labute approximate surface area is 165 Å². The van der Waals surface area contributed by atoms with Crippen molar-refractivity contribution in [2.24, 2.45) is 5.92 Å². The summed E-state index contributed by atoms with van der Waals surface area (Å²) in [5.74, 6) is -3.37. The Morgan fingerprint density at radius 3 is 1.86 bits per heavy atom. The van der Waals surface area contributed by atoms with E-state index in [1.54, 1.807) is 38.1 Å². The molecule has 0 fully saturated rings. The molecule has 0 aliphatic rings. The number of ether oxygens (including phenoxy) is 2. The van der Waals surface area contributed by atoms with Gasteiger partial charge in [-0.2, -0.15) is 0 Å². The average Bonchev–Trinajstić information content (AvgIpc) is 2.69. The highest BCUT2D eigenvalue weighted by Crippen LogP contribution is 2.32. The first-order chi connectivity index (χ1) is 13.5. The van der Waals surface area contributed by atoms with Gasteiger partial charge in [0.1, 0.15) is 0 Å². The fraction of sp³-hybridized carbons (Fsp3) is 0.348. The average molecular weight is 382 g/mol. The van der Waals surface area contributed by atoms with Crippen LogP contribution in [0.25, 0.3) is 0 Å². The molecule has 1 atom stereocenters. The van der Waals surface area contributed by atoms with Crippen LogP contribution < -0.4 is 0 Å². The van der Waals surface area contributed by atoms with Crippen molar-refractivity contribution in [3.05, 3.63) is 71.3 Å². The number of benzene rings is 2. The van der Waals surface area contributed by atoms with Crippen LogP contribution in [0.4, 0.5) is 0 Å². The van der Waals surface area contributed by atoms with Crippen molar-refractivity contribution < 1.29 is 23.9 Å². The van der Waals surface area contributed by atoms with Gasteiger partial charge in [0.15, 0.2) is 11.7 Å². The van der Waals surface area contributed by atoms with Gasteiger partial charge in [0.25, 0.3) is 0 Å². The molecule has 0 aliphatic carbocycles. The predicted molar refractivity (Wildman–Crippen MR) is 106 cm³/mol. The van der Waals surface area contributed by atoms with Crippen LogP contribution in [-0.4, -0.2) is 30.9 Å². The zero-order valence-electron chi connectivity index (χ0n) is 16.5.